The van der Waals surface area contributed by atoms with Gasteiger partial charge in [0.2, 0.25) is 0 Å². The van der Waals surface area contributed by atoms with Crippen molar-refractivity contribution in [2.45, 2.75) is 38.9 Å². The Labute approximate surface area is 125 Å². The minimum absolute atomic E-state index is 0.0265. The van der Waals surface area contributed by atoms with Crippen LogP contribution in [-0.4, -0.2) is 54.8 Å². The number of aromatic hydroxyl groups is 1. The van der Waals surface area contributed by atoms with Crippen molar-refractivity contribution in [1.82, 2.24) is 0 Å². The molecule has 1 N–H and O–H groups in total. The topological polar surface area (TPSA) is 38.7 Å². The van der Waals surface area contributed by atoms with Crippen LogP contribution in [0.1, 0.15) is 27.7 Å². The molecule has 20 heavy (non-hydrogen) atoms. The average Bonchev–Trinajstić information content (AvgIpc) is 2.53. The molecule has 8 heteroatoms. The molecule has 1 aromatic carbocycles. The van der Waals surface area contributed by atoms with Gasteiger partial charge >= 0.3 is 7.12 Å². The predicted molar refractivity (Wildman–Crippen MR) is 85.4 cm³/mol. The molecule has 8 radical (unpaired) electrons. The van der Waals surface area contributed by atoms with Crippen LogP contribution >= 0.6 is 0 Å². The van der Waals surface area contributed by atoms with Gasteiger partial charge in [-0.05, 0) is 27.7 Å². The van der Waals surface area contributed by atoms with Crippen molar-refractivity contribution in [1.29, 1.82) is 0 Å². The third kappa shape index (κ3) is 2.13. The highest BCUT2D eigenvalue weighted by molar-refractivity contribution is 6.74. The van der Waals surface area contributed by atoms with Crippen LogP contribution in [0.4, 0.5) is 0 Å². The van der Waals surface area contributed by atoms with E-state index in [1.807, 2.05) is 27.7 Å². The second kappa shape index (κ2) is 4.64. The molecule has 0 atom stereocenters. The Morgan fingerprint density at radius 3 is 1.65 bits per heavy atom. The molecule has 0 aliphatic carbocycles. The zero-order chi connectivity index (χ0) is 15.5. The van der Waals surface area contributed by atoms with Crippen molar-refractivity contribution in [3.05, 3.63) is 0 Å². The van der Waals surface area contributed by atoms with Gasteiger partial charge in [-0.2, -0.15) is 0 Å². The van der Waals surface area contributed by atoms with Gasteiger partial charge in [-0.1, -0.05) is 5.46 Å². The van der Waals surface area contributed by atoms with Crippen LogP contribution in [0.3, 0.4) is 0 Å². The standard InChI is InChI=1S/C12H13B5O3/c1-11(2)12(3,4)20-17(19-11)9-7(15)5(13)6(14)8(16)10(9)18/h18H,1-4H3. The molecule has 0 amide bonds. The molecule has 0 aromatic heterocycles. The highest BCUT2D eigenvalue weighted by Gasteiger charge is 2.52. The highest BCUT2D eigenvalue weighted by atomic mass is 16.7. The molecule has 3 nitrogen and oxygen atoms in total. The van der Waals surface area contributed by atoms with Gasteiger partial charge in [0.15, 0.2) is 0 Å². The summed E-state index contributed by atoms with van der Waals surface area (Å²) < 4.78 is 11.7. The fraction of sp³-hybridized carbons (Fsp3) is 0.500. The van der Waals surface area contributed by atoms with Crippen molar-refractivity contribution < 1.29 is 14.4 Å². The summed E-state index contributed by atoms with van der Waals surface area (Å²) >= 11 is 0. The van der Waals surface area contributed by atoms with Gasteiger partial charge in [-0.3, -0.25) is 0 Å². The van der Waals surface area contributed by atoms with Gasteiger partial charge in [-0.15, -0.1) is 16.4 Å². The summed E-state index contributed by atoms with van der Waals surface area (Å²) in [5, 5.41) is 10.2. The molecule has 94 valence electrons. The van der Waals surface area contributed by atoms with Gasteiger partial charge < -0.3 is 14.4 Å². The molecule has 1 saturated heterocycles. The van der Waals surface area contributed by atoms with E-state index in [4.69, 9.17) is 40.7 Å². The summed E-state index contributed by atoms with van der Waals surface area (Å²) in [6, 6.07) is 0. The number of phenols is 1. The first-order valence-corrected chi connectivity index (χ1v) is 6.30. The van der Waals surface area contributed by atoms with Crippen molar-refractivity contribution in [3.8, 4) is 5.75 Å². The lowest BCUT2D eigenvalue weighted by Crippen LogP contribution is -2.58. The lowest BCUT2D eigenvalue weighted by molar-refractivity contribution is 0.00578. The van der Waals surface area contributed by atoms with Crippen LogP contribution in [-0.2, 0) is 9.31 Å². The Morgan fingerprint density at radius 2 is 1.20 bits per heavy atom. The number of hydrogen-bond donors (Lipinski definition) is 1. The largest absolute Gasteiger partial charge is 0.509 e. The summed E-state index contributed by atoms with van der Waals surface area (Å²) in [6.07, 6.45) is 0. The lowest BCUT2D eigenvalue weighted by Gasteiger charge is -2.32. The molecule has 1 aliphatic rings. The normalized spacial score (nSPS) is 20.3. The molecule has 1 heterocycles. The number of rotatable bonds is 1. The maximum atomic E-state index is 10.2. The van der Waals surface area contributed by atoms with Gasteiger partial charge in [0.1, 0.15) is 37.1 Å². The van der Waals surface area contributed by atoms with E-state index >= 15 is 0 Å². The number of benzene rings is 1. The summed E-state index contributed by atoms with van der Waals surface area (Å²) in [4.78, 5) is 0. The van der Waals surface area contributed by atoms with Gasteiger partial charge in [0.05, 0.1) is 11.2 Å². The molecule has 1 aromatic rings. The van der Waals surface area contributed by atoms with Gasteiger partial charge in [-0.25, -0.2) is 0 Å². The number of hydrogen-bond acceptors (Lipinski definition) is 3. The van der Waals surface area contributed by atoms with Crippen molar-refractivity contribution in [3.63, 3.8) is 0 Å². The number of phenolic OH excluding ortho intramolecular Hbond substituents is 1. The first-order chi connectivity index (χ1) is 8.99. The molecule has 0 unspecified atom stereocenters. The van der Waals surface area contributed by atoms with Crippen LogP contribution in [0, 0.1) is 0 Å². The fourth-order valence-corrected chi connectivity index (χ4v) is 2.03. The molecule has 1 aliphatic heterocycles. The minimum Gasteiger partial charge on any atom is -0.509 e. The molecule has 0 spiro atoms. The zero-order valence-electron chi connectivity index (χ0n) is 12.2. The van der Waals surface area contributed by atoms with Crippen LogP contribution in [0.2, 0.25) is 0 Å². The quantitative estimate of drug-likeness (QED) is 0.542. The van der Waals surface area contributed by atoms with Crippen LogP contribution < -0.4 is 27.3 Å². The Hall–Kier alpha value is -0.735. The van der Waals surface area contributed by atoms with E-state index in [0.29, 0.717) is 0 Å². The van der Waals surface area contributed by atoms with Crippen LogP contribution in [0.25, 0.3) is 0 Å². The van der Waals surface area contributed by atoms with Crippen LogP contribution in [0.15, 0.2) is 0 Å². The Kier molecular flexibility index (Phi) is 3.63. The smallest absolute Gasteiger partial charge is 0.497 e. The monoisotopic (exact) mass is 260 g/mol. The van der Waals surface area contributed by atoms with E-state index in [0.717, 1.165) is 0 Å². The van der Waals surface area contributed by atoms with Gasteiger partial charge in [0.25, 0.3) is 0 Å². The Bertz CT molecular complexity index is 526. The average molecular weight is 259 g/mol. The third-order valence-corrected chi connectivity index (χ3v) is 4.16. The van der Waals surface area contributed by atoms with Crippen molar-refractivity contribution in [2.24, 2.45) is 0 Å². The van der Waals surface area contributed by atoms with E-state index < -0.39 is 18.3 Å². The zero-order valence-corrected chi connectivity index (χ0v) is 12.2. The van der Waals surface area contributed by atoms with E-state index in [9.17, 15) is 5.11 Å². The minimum atomic E-state index is -0.856. The Morgan fingerprint density at radius 1 is 0.800 bits per heavy atom. The second-order valence-electron chi connectivity index (χ2n) is 6.01. The maximum Gasteiger partial charge on any atom is 0.497 e. The first kappa shape index (κ1) is 15.6. The van der Waals surface area contributed by atoms with Crippen molar-refractivity contribution in [2.75, 3.05) is 0 Å². The fourth-order valence-electron chi connectivity index (χ4n) is 2.03. The lowest BCUT2D eigenvalue weighted by atomic mass is 9.59. The summed E-state index contributed by atoms with van der Waals surface area (Å²) in [5.41, 5.74) is -0.657. The SMILES string of the molecule is [B]c1c([B])c([B])c(B2OC(C)(C)C(C)(C)O2)c(O)c1[B]. The van der Waals surface area contributed by atoms with Gasteiger partial charge in [0, 0.05) is 5.46 Å². The van der Waals surface area contributed by atoms with Crippen LogP contribution in [0.5, 0.6) is 5.75 Å². The second-order valence-corrected chi connectivity index (χ2v) is 6.01. The predicted octanol–water partition coefficient (Wildman–Crippen LogP) is -3.13. The summed E-state index contributed by atoms with van der Waals surface area (Å²) in [7, 11) is 22.3. The molecule has 0 saturated carbocycles. The van der Waals surface area contributed by atoms with E-state index in [1.54, 1.807) is 0 Å². The first-order valence-electron chi connectivity index (χ1n) is 6.30. The molecule has 0 bridgehead atoms. The Balaban J connectivity index is 2.57. The summed E-state index contributed by atoms with van der Waals surface area (Å²) in [6.45, 7) is 7.57. The van der Waals surface area contributed by atoms with E-state index in [2.05, 4.69) is 0 Å². The third-order valence-electron chi connectivity index (χ3n) is 4.16. The molecule has 2 rings (SSSR count). The highest BCUT2D eigenvalue weighted by Crippen LogP contribution is 2.36. The van der Waals surface area contributed by atoms with E-state index in [-0.39, 0.29) is 33.1 Å². The molecular weight excluding hydrogens is 246 g/mol. The van der Waals surface area contributed by atoms with E-state index in [1.165, 1.54) is 0 Å². The summed E-state index contributed by atoms with van der Waals surface area (Å²) in [5.74, 6) is -0.257. The van der Waals surface area contributed by atoms with Crippen molar-refractivity contribution >= 4 is 65.8 Å². The molecule has 1 fully saturated rings. The maximum absolute atomic E-state index is 10.2. The molecular formula is C12H13B5O3.